The maximum Gasteiger partial charge on any atom is 0.0724 e. The van der Waals surface area contributed by atoms with Crippen LogP contribution in [0.2, 0.25) is 18.1 Å². The van der Waals surface area contributed by atoms with Crippen LogP contribution in [0.1, 0.15) is 27.2 Å². The van der Waals surface area contributed by atoms with Gasteiger partial charge in [-0.3, -0.25) is 0 Å². The highest BCUT2D eigenvalue weighted by molar-refractivity contribution is 6.80. The van der Waals surface area contributed by atoms with E-state index < -0.39 is 8.07 Å². The SMILES string of the molecule is C=C(C)C[Si](CC)(CC)CN1CCC1. The van der Waals surface area contributed by atoms with E-state index in [0.29, 0.717) is 0 Å². The van der Waals surface area contributed by atoms with Gasteiger partial charge in [-0.15, -0.1) is 6.58 Å². The Hall–Kier alpha value is -0.0831. The first kappa shape index (κ1) is 12.0. The fourth-order valence-corrected chi connectivity index (χ4v) is 6.54. The molecule has 0 aromatic rings. The molecule has 0 atom stereocenters. The van der Waals surface area contributed by atoms with Crippen molar-refractivity contribution >= 4 is 8.07 Å². The fraction of sp³-hybridized carbons (Fsp3) is 0.833. The summed E-state index contributed by atoms with van der Waals surface area (Å²) >= 11 is 0. The molecular formula is C12H25NSi. The van der Waals surface area contributed by atoms with Gasteiger partial charge in [0.15, 0.2) is 0 Å². The van der Waals surface area contributed by atoms with Crippen LogP contribution in [-0.4, -0.2) is 32.2 Å². The number of allylic oxidation sites excluding steroid dienone is 1. The minimum atomic E-state index is -1.01. The lowest BCUT2D eigenvalue weighted by molar-refractivity contribution is 0.210. The molecule has 0 aromatic heterocycles. The monoisotopic (exact) mass is 211 g/mol. The van der Waals surface area contributed by atoms with E-state index in [0.717, 1.165) is 0 Å². The normalized spacial score (nSPS) is 17.9. The second-order valence-corrected chi connectivity index (χ2v) is 10.1. The van der Waals surface area contributed by atoms with E-state index in [-0.39, 0.29) is 0 Å². The van der Waals surface area contributed by atoms with Crippen LogP contribution in [0.4, 0.5) is 0 Å². The van der Waals surface area contributed by atoms with Crippen LogP contribution in [0, 0.1) is 0 Å². The van der Waals surface area contributed by atoms with Gasteiger partial charge in [0.1, 0.15) is 0 Å². The van der Waals surface area contributed by atoms with Crippen molar-refractivity contribution in [2.24, 2.45) is 0 Å². The topological polar surface area (TPSA) is 3.24 Å². The predicted octanol–water partition coefficient (Wildman–Crippen LogP) is 3.30. The van der Waals surface area contributed by atoms with Crippen molar-refractivity contribution in [1.82, 2.24) is 4.90 Å². The summed E-state index contributed by atoms with van der Waals surface area (Å²) in [5.74, 6) is 0. The average molecular weight is 211 g/mol. The minimum Gasteiger partial charge on any atom is -0.306 e. The molecule has 1 rings (SSSR count). The number of likely N-dealkylation sites (tertiary alicyclic amines) is 1. The molecule has 1 fully saturated rings. The molecule has 0 N–H and O–H groups in total. The van der Waals surface area contributed by atoms with Gasteiger partial charge in [-0.2, -0.15) is 0 Å². The van der Waals surface area contributed by atoms with Crippen LogP contribution >= 0.6 is 0 Å². The maximum atomic E-state index is 4.10. The summed E-state index contributed by atoms with van der Waals surface area (Å²) in [5, 5.41) is 0. The summed E-state index contributed by atoms with van der Waals surface area (Å²) in [5.41, 5.74) is 1.40. The van der Waals surface area contributed by atoms with Gasteiger partial charge in [0.25, 0.3) is 0 Å². The molecule has 1 aliphatic heterocycles. The summed E-state index contributed by atoms with van der Waals surface area (Å²) in [6.45, 7) is 13.8. The van der Waals surface area contributed by atoms with Gasteiger partial charge in [0, 0.05) is 0 Å². The zero-order valence-corrected chi connectivity index (χ0v) is 11.1. The Bertz CT molecular complexity index is 192. The van der Waals surface area contributed by atoms with E-state index in [9.17, 15) is 0 Å². The van der Waals surface area contributed by atoms with Gasteiger partial charge in [0.05, 0.1) is 8.07 Å². The molecule has 0 bridgehead atoms. The van der Waals surface area contributed by atoms with E-state index in [1.54, 1.807) is 0 Å². The highest BCUT2D eigenvalue weighted by Gasteiger charge is 2.32. The smallest absolute Gasteiger partial charge is 0.0724 e. The van der Waals surface area contributed by atoms with Gasteiger partial charge >= 0.3 is 0 Å². The van der Waals surface area contributed by atoms with Crippen molar-refractivity contribution in [3.63, 3.8) is 0 Å². The first-order valence-electron chi connectivity index (χ1n) is 5.98. The maximum absolute atomic E-state index is 4.10. The number of hydrogen-bond donors (Lipinski definition) is 0. The number of nitrogens with zero attached hydrogens (tertiary/aromatic N) is 1. The van der Waals surface area contributed by atoms with Gasteiger partial charge in [-0.25, -0.2) is 0 Å². The summed E-state index contributed by atoms with van der Waals surface area (Å²) in [6, 6.07) is 4.19. The van der Waals surface area contributed by atoms with Crippen LogP contribution in [0.3, 0.4) is 0 Å². The fourth-order valence-electron chi connectivity index (χ4n) is 2.43. The third kappa shape index (κ3) is 2.96. The average Bonchev–Trinajstić information content (AvgIpc) is 2.09. The molecule has 82 valence electrons. The van der Waals surface area contributed by atoms with Crippen LogP contribution in [-0.2, 0) is 0 Å². The van der Waals surface area contributed by atoms with E-state index >= 15 is 0 Å². The molecule has 14 heavy (non-hydrogen) atoms. The molecule has 0 unspecified atom stereocenters. The Morgan fingerprint density at radius 1 is 1.29 bits per heavy atom. The number of hydrogen-bond acceptors (Lipinski definition) is 1. The standard InChI is InChI=1S/C12H25NSi/c1-5-14(6-2,10-12(3)4)11-13-8-7-9-13/h3,5-11H2,1-2,4H3. The first-order chi connectivity index (χ1) is 6.62. The largest absolute Gasteiger partial charge is 0.306 e. The van der Waals surface area contributed by atoms with E-state index in [4.69, 9.17) is 0 Å². The molecule has 0 amide bonds. The molecule has 0 saturated carbocycles. The first-order valence-corrected chi connectivity index (χ1v) is 8.81. The summed E-state index contributed by atoms with van der Waals surface area (Å²) < 4.78 is 0. The van der Waals surface area contributed by atoms with Crippen molar-refractivity contribution in [3.05, 3.63) is 12.2 Å². The number of rotatable bonds is 6. The molecule has 1 saturated heterocycles. The van der Waals surface area contributed by atoms with Crippen molar-refractivity contribution in [2.45, 2.75) is 45.3 Å². The van der Waals surface area contributed by atoms with Gasteiger partial charge < -0.3 is 4.90 Å². The predicted molar refractivity (Wildman–Crippen MR) is 67.4 cm³/mol. The van der Waals surface area contributed by atoms with E-state index in [1.807, 2.05) is 0 Å². The Labute approximate surface area is 90.2 Å². The molecule has 1 aliphatic rings. The van der Waals surface area contributed by atoms with Crippen LogP contribution in [0.5, 0.6) is 0 Å². The minimum absolute atomic E-state index is 1.01. The van der Waals surface area contributed by atoms with Crippen LogP contribution < -0.4 is 0 Å². The Balaban J connectivity index is 2.53. The van der Waals surface area contributed by atoms with E-state index in [1.165, 1.54) is 49.4 Å². The molecule has 2 heteroatoms. The second kappa shape index (κ2) is 5.13. The zero-order valence-electron chi connectivity index (χ0n) is 10.1. The molecule has 0 aliphatic carbocycles. The second-order valence-electron chi connectivity index (χ2n) is 4.97. The molecular weight excluding hydrogens is 186 g/mol. The van der Waals surface area contributed by atoms with Crippen molar-refractivity contribution < 1.29 is 0 Å². The Kier molecular flexibility index (Phi) is 4.39. The molecule has 0 aromatic carbocycles. The quantitative estimate of drug-likeness (QED) is 0.481. The summed E-state index contributed by atoms with van der Waals surface area (Å²) in [4.78, 5) is 2.65. The van der Waals surface area contributed by atoms with Gasteiger partial charge in [0.2, 0.25) is 0 Å². The van der Waals surface area contributed by atoms with Gasteiger partial charge in [-0.1, -0.05) is 31.5 Å². The lowest BCUT2D eigenvalue weighted by atomic mass is 10.2. The Morgan fingerprint density at radius 2 is 1.86 bits per heavy atom. The lowest BCUT2D eigenvalue weighted by Gasteiger charge is -2.40. The third-order valence-electron chi connectivity index (χ3n) is 3.68. The highest BCUT2D eigenvalue weighted by atomic mass is 28.3. The molecule has 1 nitrogen and oxygen atoms in total. The Morgan fingerprint density at radius 3 is 2.14 bits per heavy atom. The summed E-state index contributed by atoms with van der Waals surface area (Å²) in [6.07, 6.45) is 2.85. The summed E-state index contributed by atoms with van der Waals surface area (Å²) in [7, 11) is -1.01. The third-order valence-corrected chi connectivity index (χ3v) is 9.16. The van der Waals surface area contributed by atoms with Crippen LogP contribution in [0.15, 0.2) is 12.2 Å². The lowest BCUT2D eigenvalue weighted by Crippen LogP contribution is -2.51. The molecule has 0 spiro atoms. The van der Waals surface area contributed by atoms with Gasteiger partial charge in [-0.05, 0) is 38.6 Å². The van der Waals surface area contributed by atoms with E-state index in [2.05, 4.69) is 32.3 Å². The van der Waals surface area contributed by atoms with Crippen molar-refractivity contribution in [1.29, 1.82) is 0 Å². The van der Waals surface area contributed by atoms with Crippen molar-refractivity contribution in [2.75, 3.05) is 19.3 Å². The van der Waals surface area contributed by atoms with Crippen molar-refractivity contribution in [3.8, 4) is 0 Å². The molecule has 1 heterocycles. The molecule has 0 radical (unpaired) electrons. The zero-order chi connectivity index (χ0) is 10.6. The van der Waals surface area contributed by atoms with Crippen LogP contribution in [0.25, 0.3) is 0 Å². The highest BCUT2D eigenvalue weighted by Crippen LogP contribution is 2.26.